The van der Waals surface area contributed by atoms with E-state index in [1.165, 1.54) is 36.3 Å². The molecule has 0 unspecified atom stereocenters. The number of ketones is 1. The third kappa shape index (κ3) is 4.04. The Morgan fingerprint density at radius 3 is 1.16 bits per heavy atom. The van der Waals surface area contributed by atoms with Crippen molar-refractivity contribution in [3.63, 3.8) is 0 Å². The molecule has 0 radical (unpaired) electrons. The molecule has 0 spiro atoms. The maximum atomic E-state index is 11.9. The zero-order valence-electron chi connectivity index (χ0n) is 14.4. The SMILES string of the molecule is CC[Si](CC)(CC)C(CC(C)=O)[Si](CC)(CC)CC. The zero-order valence-corrected chi connectivity index (χ0v) is 16.4. The summed E-state index contributed by atoms with van der Waals surface area (Å²) in [5.74, 6) is 0.435. The van der Waals surface area contributed by atoms with Crippen molar-refractivity contribution in [2.45, 2.75) is 96.3 Å². The average Bonchev–Trinajstić information content (AvgIpc) is 2.43. The van der Waals surface area contributed by atoms with Crippen molar-refractivity contribution < 1.29 is 4.79 Å². The Bertz CT molecular complexity index is 231. The molecule has 0 aromatic rings. The summed E-state index contributed by atoms with van der Waals surface area (Å²) in [6, 6.07) is 8.21. The summed E-state index contributed by atoms with van der Waals surface area (Å²) in [5.41, 5.74) is 0. The summed E-state index contributed by atoms with van der Waals surface area (Å²) in [5, 5.41) is 0.817. The number of carbonyl (C=O) groups excluding carboxylic acids is 1. The lowest BCUT2D eigenvalue weighted by Crippen LogP contribution is -2.53. The van der Waals surface area contributed by atoms with Crippen LogP contribution in [0, 0.1) is 0 Å². The average molecular weight is 301 g/mol. The summed E-state index contributed by atoms with van der Waals surface area (Å²) in [7, 11) is -2.53. The van der Waals surface area contributed by atoms with Crippen LogP contribution < -0.4 is 0 Å². The van der Waals surface area contributed by atoms with Crippen molar-refractivity contribution in [2.75, 3.05) is 0 Å². The predicted octanol–water partition coefficient (Wildman–Crippen LogP) is 5.89. The largest absolute Gasteiger partial charge is 0.300 e. The summed E-state index contributed by atoms with van der Waals surface area (Å²) in [6.07, 6.45) is 0.892. The van der Waals surface area contributed by atoms with Crippen molar-refractivity contribution in [1.29, 1.82) is 0 Å². The van der Waals surface area contributed by atoms with Gasteiger partial charge in [-0.25, -0.2) is 0 Å². The van der Waals surface area contributed by atoms with Crippen LogP contribution in [0.3, 0.4) is 0 Å². The second-order valence-electron chi connectivity index (χ2n) is 6.30. The minimum Gasteiger partial charge on any atom is -0.300 e. The van der Waals surface area contributed by atoms with Crippen molar-refractivity contribution in [3.8, 4) is 0 Å². The Morgan fingerprint density at radius 1 is 0.737 bits per heavy atom. The molecule has 0 saturated carbocycles. The fraction of sp³-hybridized carbons (Fsp3) is 0.938. The molecule has 0 aliphatic carbocycles. The molecule has 0 fully saturated rings. The van der Waals surface area contributed by atoms with E-state index in [2.05, 4.69) is 41.5 Å². The van der Waals surface area contributed by atoms with Crippen molar-refractivity contribution in [1.82, 2.24) is 0 Å². The van der Waals surface area contributed by atoms with Crippen LogP contribution in [0.2, 0.25) is 41.4 Å². The Balaban J connectivity index is 5.69. The number of hydrogen-bond donors (Lipinski definition) is 0. The van der Waals surface area contributed by atoms with Crippen LogP contribution in [0.25, 0.3) is 0 Å². The fourth-order valence-corrected chi connectivity index (χ4v) is 20.6. The number of Topliss-reactive ketones (excluding diaryl/α,β-unsaturated/α-hetero) is 1. The first-order valence-electron chi connectivity index (χ1n) is 8.41. The summed E-state index contributed by atoms with van der Waals surface area (Å²) in [4.78, 5) is 11.9. The van der Waals surface area contributed by atoms with Gasteiger partial charge in [0.05, 0.1) is 16.1 Å². The number of carbonyl (C=O) groups is 1. The normalized spacial score (nSPS) is 13.1. The zero-order chi connectivity index (χ0) is 15.1. The van der Waals surface area contributed by atoms with E-state index in [0.29, 0.717) is 5.78 Å². The molecule has 0 aromatic heterocycles. The molecule has 0 bridgehead atoms. The topological polar surface area (TPSA) is 17.1 Å². The molecule has 1 nitrogen and oxygen atoms in total. The maximum Gasteiger partial charge on any atom is 0.129 e. The van der Waals surface area contributed by atoms with Gasteiger partial charge in [-0.05, 0) is 12.1 Å². The van der Waals surface area contributed by atoms with Crippen molar-refractivity contribution in [3.05, 3.63) is 0 Å². The lowest BCUT2D eigenvalue weighted by atomic mass is 10.3. The smallest absolute Gasteiger partial charge is 0.129 e. The lowest BCUT2D eigenvalue weighted by molar-refractivity contribution is -0.116. The molecule has 0 aromatic carbocycles. The van der Waals surface area contributed by atoms with E-state index >= 15 is 0 Å². The molecule has 0 N–H and O–H groups in total. The molecule has 0 rings (SSSR count). The van der Waals surface area contributed by atoms with E-state index < -0.39 is 16.1 Å². The van der Waals surface area contributed by atoms with Gasteiger partial charge in [0.15, 0.2) is 0 Å². The van der Waals surface area contributed by atoms with Gasteiger partial charge in [-0.1, -0.05) is 77.8 Å². The molecule has 114 valence electrons. The monoisotopic (exact) mass is 300 g/mol. The molecule has 0 atom stereocenters. The highest BCUT2D eigenvalue weighted by Crippen LogP contribution is 2.47. The van der Waals surface area contributed by atoms with Crippen LogP contribution in [0.5, 0.6) is 0 Å². The first-order chi connectivity index (χ1) is 8.91. The molecule has 19 heavy (non-hydrogen) atoms. The van der Waals surface area contributed by atoms with E-state index in [1.54, 1.807) is 0 Å². The molecule has 0 aliphatic rings. The van der Waals surface area contributed by atoms with Gasteiger partial charge in [-0.15, -0.1) is 0 Å². The second kappa shape index (κ2) is 8.40. The van der Waals surface area contributed by atoms with E-state index in [-0.39, 0.29) is 0 Å². The van der Waals surface area contributed by atoms with Gasteiger partial charge in [0.2, 0.25) is 0 Å². The van der Waals surface area contributed by atoms with Gasteiger partial charge >= 0.3 is 0 Å². The Kier molecular flexibility index (Phi) is 8.45. The van der Waals surface area contributed by atoms with Crippen LogP contribution in [-0.2, 0) is 4.79 Å². The molecular formula is C16H36OSi2. The molecule has 0 heterocycles. The number of rotatable bonds is 10. The van der Waals surface area contributed by atoms with Gasteiger partial charge in [0.25, 0.3) is 0 Å². The second-order valence-corrected chi connectivity index (χ2v) is 18.0. The third-order valence-electron chi connectivity index (χ3n) is 6.19. The van der Waals surface area contributed by atoms with Gasteiger partial charge in [-0.2, -0.15) is 0 Å². The lowest BCUT2D eigenvalue weighted by Gasteiger charge is -2.48. The van der Waals surface area contributed by atoms with E-state index in [9.17, 15) is 4.79 Å². The molecule has 3 heteroatoms. The first kappa shape index (κ1) is 19.1. The third-order valence-corrected chi connectivity index (χ3v) is 21.7. The maximum absolute atomic E-state index is 11.9. The standard InChI is InChI=1S/C16H36OSi2/c1-8-18(9-2,10-3)16(14-15(7)17)19(11-4,12-5)13-6/h16H,8-14H2,1-7H3. The van der Waals surface area contributed by atoms with Crippen LogP contribution >= 0.6 is 0 Å². The van der Waals surface area contributed by atoms with Gasteiger partial charge in [0, 0.05) is 6.42 Å². The summed E-state index contributed by atoms with van der Waals surface area (Å²) >= 11 is 0. The quantitative estimate of drug-likeness (QED) is 0.460. The summed E-state index contributed by atoms with van der Waals surface area (Å²) < 4.78 is 0. The summed E-state index contributed by atoms with van der Waals surface area (Å²) in [6.45, 7) is 16.2. The van der Waals surface area contributed by atoms with E-state index in [4.69, 9.17) is 0 Å². The number of hydrogen-bond acceptors (Lipinski definition) is 1. The van der Waals surface area contributed by atoms with E-state index in [1.807, 2.05) is 6.92 Å². The molecular weight excluding hydrogens is 264 g/mol. The minimum absolute atomic E-state index is 0.435. The Labute approximate surface area is 123 Å². The van der Waals surface area contributed by atoms with Crippen molar-refractivity contribution in [2.24, 2.45) is 0 Å². The fourth-order valence-electron chi connectivity index (χ4n) is 4.35. The van der Waals surface area contributed by atoms with Crippen LogP contribution in [-0.4, -0.2) is 21.9 Å². The van der Waals surface area contributed by atoms with Gasteiger partial charge in [0.1, 0.15) is 5.78 Å². The molecule has 0 saturated heterocycles. The minimum atomic E-state index is -1.27. The highest BCUT2D eigenvalue weighted by molar-refractivity contribution is 6.99. The van der Waals surface area contributed by atoms with Crippen molar-refractivity contribution >= 4 is 21.9 Å². The van der Waals surface area contributed by atoms with Crippen LogP contribution in [0.4, 0.5) is 0 Å². The van der Waals surface area contributed by atoms with Gasteiger partial charge in [-0.3, -0.25) is 0 Å². The van der Waals surface area contributed by atoms with E-state index in [0.717, 1.165) is 11.6 Å². The Morgan fingerprint density at radius 2 is 1.00 bits per heavy atom. The van der Waals surface area contributed by atoms with Crippen LogP contribution in [0.1, 0.15) is 54.9 Å². The highest BCUT2D eigenvalue weighted by Gasteiger charge is 2.48. The molecule has 0 aliphatic heterocycles. The first-order valence-corrected chi connectivity index (χ1v) is 13.8. The van der Waals surface area contributed by atoms with Crippen LogP contribution in [0.15, 0.2) is 0 Å². The van der Waals surface area contributed by atoms with Gasteiger partial charge < -0.3 is 4.79 Å². The predicted molar refractivity (Wildman–Crippen MR) is 93.4 cm³/mol. The Hall–Kier alpha value is 0.104. The molecule has 0 amide bonds. The highest BCUT2D eigenvalue weighted by atomic mass is 28.4.